The van der Waals surface area contributed by atoms with Gasteiger partial charge in [-0.3, -0.25) is 0 Å². The number of halogens is 3. The molecule has 1 heterocycles. The molecule has 0 radical (unpaired) electrons. The van der Waals surface area contributed by atoms with Gasteiger partial charge in [-0.2, -0.15) is 18.2 Å². The van der Waals surface area contributed by atoms with Gasteiger partial charge in [0, 0.05) is 6.42 Å². The Bertz CT molecular complexity index is 567. The number of nitrogens with zero attached hydrogens (tertiary/aromatic N) is 2. The van der Waals surface area contributed by atoms with E-state index in [2.05, 4.69) is 14.9 Å². The van der Waals surface area contributed by atoms with Crippen LogP contribution in [-0.2, 0) is 17.6 Å². The summed E-state index contributed by atoms with van der Waals surface area (Å²) in [5.74, 6) is 0.809. The van der Waals surface area contributed by atoms with Crippen molar-refractivity contribution in [2.45, 2.75) is 19.0 Å². The van der Waals surface area contributed by atoms with Gasteiger partial charge in [-0.25, -0.2) is 0 Å². The summed E-state index contributed by atoms with van der Waals surface area (Å²) in [5.41, 5.74) is 0.872. The molecular formula is C13H13F3N2O3. The molecule has 0 saturated heterocycles. The van der Waals surface area contributed by atoms with Crippen LogP contribution in [0.3, 0.4) is 0 Å². The minimum atomic E-state index is -4.33. The Morgan fingerprint density at radius 3 is 2.57 bits per heavy atom. The average Bonchev–Trinajstić information content (AvgIpc) is 2.84. The molecule has 1 aromatic heterocycles. The molecule has 0 unspecified atom stereocenters. The van der Waals surface area contributed by atoms with E-state index in [9.17, 15) is 13.2 Å². The second kappa shape index (κ2) is 6.57. The van der Waals surface area contributed by atoms with Crippen LogP contribution >= 0.6 is 0 Å². The fraction of sp³-hybridized carbons (Fsp3) is 0.385. The number of rotatable bonds is 6. The van der Waals surface area contributed by atoms with Crippen molar-refractivity contribution in [2.75, 3.05) is 13.2 Å². The number of phenolic OH excluding ortho intramolecular Hbond substituents is 1. The average molecular weight is 302 g/mol. The van der Waals surface area contributed by atoms with Gasteiger partial charge in [0.05, 0.1) is 13.0 Å². The first-order valence-corrected chi connectivity index (χ1v) is 6.16. The van der Waals surface area contributed by atoms with Crippen LogP contribution in [0.5, 0.6) is 5.75 Å². The van der Waals surface area contributed by atoms with Crippen molar-refractivity contribution < 1.29 is 27.5 Å². The maximum absolute atomic E-state index is 11.9. The third kappa shape index (κ3) is 5.42. The Kier molecular flexibility index (Phi) is 4.79. The van der Waals surface area contributed by atoms with Crippen LogP contribution in [0.1, 0.15) is 17.3 Å². The largest absolute Gasteiger partial charge is 0.508 e. The van der Waals surface area contributed by atoms with E-state index < -0.39 is 12.8 Å². The number of phenols is 1. The second-order valence-electron chi connectivity index (χ2n) is 4.37. The van der Waals surface area contributed by atoms with Gasteiger partial charge in [-0.1, -0.05) is 17.3 Å². The highest BCUT2D eigenvalue weighted by Gasteiger charge is 2.27. The number of benzene rings is 1. The standard InChI is InChI=1S/C13H13F3N2O3/c14-13(15,16)8-20-6-5-11-17-12(21-18-11)7-9-1-3-10(19)4-2-9/h1-4,19H,5-8H2. The van der Waals surface area contributed by atoms with Crippen LogP contribution < -0.4 is 0 Å². The molecule has 0 aliphatic carbocycles. The minimum Gasteiger partial charge on any atom is -0.508 e. The van der Waals surface area contributed by atoms with Gasteiger partial charge < -0.3 is 14.4 Å². The van der Waals surface area contributed by atoms with E-state index in [0.29, 0.717) is 18.1 Å². The van der Waals surface area contributed by atoms with Crippen LogP contribution in [0.25, 0.3) is 0 Å². The Morgan fingerprint density at radius 1 is 1.19 bits per heavy atom. The highest BCUT2D eigenvalue weighted by Crippen LogP contribution is 2.15. The fourth-order valence-corrected chi connectivity index (χ4v) is 1.60. The van der Waals surface area contributed by atoms with Crippen molar-refractivity contribution in [3.05, 3.63) is 41.5 Å². The zero-order valence-corrected chi connectivity index (χ0v) is 10.9. The van der Waals surface area contributed by atoms with Crippen molar-refractivity contribution >= 4 is 0 Å². The van der Waals surface area contributed by atoms with Gasteiger partial charge in [0.25, 0.3) is 0 Å². The molecule has 2 aromatic rings. The van der Waals surface area contributed by atoms with Crippen LogP contribution in [-0.4, -0.2) is 34.6 Å². The monoisotopic (exact) mass is 302 g/mol. The Morgan fingerprint density at radius 2 is 1.90 bits per heavy atom. The predicted molar refractivity (Wildman–Crippen MR) is 65.8 cm³/mol. The maximum Gasteiger partial charge on any atom is 0.411 e. The molecule has 21 heavy (non-hydrogen) atoms. The molecule has 1 N–H and O–H groups in total. The smallest absolute Gasteiger partial charge is 0.411 e. The van der Waals surface area contributed by atoms with Gasteiger partial charge in [0.1, 0.15) is 12.4 Å². The van der Waals surface area contributed by atoms with E-state index in [1.54, 1.807) is 12.1 Å². The van der Waals surface area contributed by atoms with Crippen molar-refractivity contribution in [3.8, 4) is 5.75 Å². The van der Waals surface area contributed by atoms with Crippen molar-refractivity contribution in [1.29, 1.82) is 0 Å². The first-order chi connectivity index (χ1) is 9.92. The first kappa shape index (κ1) is 15.3. The molecule has 0 saturated carbocycles. The number of alkyl halides is 3. The zero-order chi connectivity index (χ0) is 15.3. The van der Waals surface area contributed by atoms with E-state index in [0.717, 1.165) is 5.56 Å². The lowest BCUT2D eigenvalue weighted by Gasteiger charge is -2.05. The second-order valence-corrected chi connectivity index (χ2v) is 4.37. The Labute approximate surface area is 118 Å². The highest BCUT2D eigenvalue weighted by atomic mass is 19.4. The molecule has 1 aromatic carbocycles. The zero-order valence-electron chi connectivity index (χ0n) is 10.9. The van der Waals surface area contributed by atoms with Gasteiger partial charge >= 0.3 is 6.18 Å². The maximum atomic E-state index is 11.9. The minimum absolute atomic E-state index is 0.127. The summed E-state index contributed by atoms with van der Waals surface area (Å²) in [7, 11) is 0. The number of hydrogen-bond acceptors (Lipinski definition) is 5. The van der Waals surface area contributed by atoms with Crippen molar-refractivity contribution in [3.63, 3.8) is 0 Å². The first-order valence-electron chi connectivity index (χ1n) is 6.16. The SMILES string of the molecule is Oc1ccc(Cc2nc(CCOCC(F)(F)F)no2)cc1. The molecule has 0 aliphatic rings. The van der Waals surface area contributed by atoms with Crippen LogP contribution in [0.4, 0.5) is 13.2 Å². The number of ether oxygens (including phenoxy) is 1. The van der Waals surface area contributed by atoms with Crippen molar-refractivity contribution in [1.82, 2.24) is 10.1 Å². The summed E-state index contributed by atoms with van der Waals surface area (Å²) in [5, 5.41) is 12.8. The van der Waals surface area contributed by atoms with E-state index in [4.69, 9.17) is 9.63 Å². The summed E-state index contributed by atoms with van der Waals surface area (Å²) < 4.78 is 45.1. The number of aromatic hydroxyl groups is 1. The number of aromatic nitrogens is 2. The Hall–Kier alpha value is -2.09. The van der Waals surface area contributed by atoms with Gasteiger partial charge in [-0.05, 0) is 17.7 Å². The molecule has 0 atom stereocenters. The third-order valence-electron chi connectivity index (χ3n) is 2.54. The quantitative estimate of drug-likeness (QED) is 0.830. The molecule has 0 bridgehead atoms. The van der Waals surface area contributed by atoms with E-state index in [-0.39, 0.29) is 18.8 Å². The summed E-state index contributed by atoms with van der Waals surface area (Å²) in [4.78, 5) is 4.06. The molecular weight excluding hydrogens is 289 g/mol. The number of hydrogen-bond donors (Lipinski definition) is 1. The molecule has 0 aliphatic heterocycles. The van der Waals surface area contributed by atoms with Crippen LogP contribution in [0.15, 0.2) is 28.8 Å². The van der Waals surface area contributed by atoms with Gasteiger partial charge in [0.15, 0.2) is 5.82 Å². The summed E-state index contributed by atoms with van der Waals surface area (Å²) >= 11 is 0. The molecule has 5 nitrogen and oxygen atoms in total. The third-order valence-corrected chi connectivity index (χ3v) is 2.54. The van der Waals surface area contributed by atoms with E-state index in [1.165, 1.54) is 12.1 Å². The van der Waals surface area contributed by atoms with Gasteiger partial charge in [-0.15, -0.1) is 0 Å². The normalized spacial score (nSPS) is 11.8. The van der Waals surface area contributed by atoms with E-state index in [1.807, 2.05) is 0 Å². The molecule has 2 rings (SSSR count). The Balaban J connectivity index is 1.80. The molecule has 114 valence electrons. The lowest BCUT2D eigenvalue weighted by atomic mass is 10.1. The van der Waals surface area contributed by atoms with E-state index >= 15 is 0 Å². The van der Waals surface area contributed by atoms with Crippen molar-refractivity contribution in [2.24, 2.45) is 0 Å². The summed E-state index contributed by atoms with van der Waals surface area (Å²) in [6.45, 7) is -1.41. The topological polar surface area (TPSA) is 68.4 Å². The molecule has 8 heteroatoms. The summed E-state index contributed by atoms with van der Waals surface area (Å²) in [6, 6.07) is 6.51. The lowest BCUT2D eigenvalue weighted by Crippen LogP contribution is -2.18. The van der Waals surface area contributed by atoms with Crippen LogP contribution in [0, 0.1) is 0 Å². The molecule has 0 spiro atoms. The highest BCUT2D eigenvalue weighted by molar-refractivity contribution is 5.27. The van der Waals surface area contributed by atoms with Gasteiger partial charge in [0.2, 0.25) is 5.89 Å². The summed E-state index contributed by atoms with van der Waals surface area (Å²) in [6.07, 6.45) is -3.80. The molecule has 0 amide bonds. The van der Waals surface area contributed by atoms with Crippen LogP contribution in [0.2, 0.25) is 0 Å². The lowest BCUT2D eigenvalue weighted by molar-refractivity contribution is -0.173. The predicted octanol–water partition coefficient (Wildman–Crippen LogP) is 2.49. The molecule has 0 fully saturated rings. The fourth-order valence-electron chi connectivity index (χ4n) is 1.60.